The molecule has 1 fully saturated rings. The minimum atomic E-state index is 0.573. The van der Waals surface area contributed by atoms with E-state index in [0.29, 0.717) is 12.1 Å². The largest absolute Gasteiger partial charge is 0.366 e. The van der Waals surface area contributed by atoms with Crippen LogP contribution in [0.4, 0.5) is 5.69 Å². The van der Waals surface area contributed by atoms with E-state index in [1.54, 1.807) is 0 Å². The first kappa shape index (κ1) is 14.4. The number of anilines is 1. The summed E-state index contributed by atoms with van der Waals surface area (Å²) >= 11 is 0. The Labute approximate surface area is 118 Å². The number of hydrogen-bond donors (Lipinski definition) is 1. The molecule has 1 N–H and O–H groups in total. The van der Waals surface area contributed by atoms with Crippen LogP contribution in [-0.4, -0.2) is 25.2 Å². The highest BCUT2D eigenvalue weighted by atomic mass is 15.2. The van der Waals surface area contributed by atoms with Crippen LogP contribution in [0.1, 0.15) is 38.3 Å². The topological polar surface area (TPSA) is 15.3 Å². The standard InChI is InChI=1S/C17H28N2/c1-12(2)8-16-11-19(15(5)10-18-16)17-9-13(3)6-7-14(17)4/h6-7,9,12,15-16,18H,8,10-11H2,1-5H3. The first-order chi connectivity index (χ1) is 8.97. The van der Waals surface area contributed by atoms with Crippen LogP contribution in [0.3, 0.4) is 0 Å². The van der Waals surface area contributed by atoms with Crippen molar-refractivity contribution in [3.63, 3.8) is 0 Å². The van der Waals surface area contributed by atoms with Gasteiger partial charge in [-0.25, -0.2) is 0 Å². The Morgan fingerprint density at radius 2 is 2.05 bits per heavy atom. The molecule has 1 aromatic rings. The molecular weight excluding hydrogens is 232 g/mol. The first-order valence-electron chi connectivity index (χ1n) is 7.54. The van der Waals surface area contributed by atoms with Crippen LogP contribution in [0.25, 0.3) is 0 Å². The Hall–Kier alpha value is -1.02. The van der Waals surface area contributed by atoms with Gasteiger partial charge in [0.1, 0.15) is 0 Å². The van der Waals surface area contributed by atoms with Gasteiger partial charge in [0.25, 0.3) is 0 Å². The van der Waals surface area contributed by atoms with Crippen molar-refractivity contribution >= 4 is 5.69 Å². The molecule has 106 valence electrons. The molecule has 0 spiro atoms. The van der Waals surface area contributed by atoms with Gasteiger partial charge in [0.15, 0.2) is 0 Å². The van der Waals surface area contributed by atoms with E-state index in [2.05, 4.69) is 63.0 Å². The molecule has 1 heterocycles. The van der Waals surface area contributed by atoms with Crippen molar-refractivity contribution in [3.05, 3.63) is 29.3 Å². The average Bonchev–Trinajstić information content (AvgIpc) is 2.34. The second-order valence-electron chi connectivity index (χ2n) is 6.53. The van der Waals surface area contributed by atoms with E-state index < -0.39 is 0 Å². The third-order valence-electron chi connectivity index (χ3n) is 4.08. The number of hydrogen-bond acceptors (Lipinski definition) is 2. The van der Waals surface area contributed by atoms with Crippen LogP contribution in [0.5, 0.6) is 0 Å². The van der Waals surface area contributed by atoms with Crippen LogP contribution in [0, 0.1) is 19.8 Å². The lowest BCUT2D eigenvalue weighted by Crippen LogP contribution is -2.56. The van der Waals surface area contributed by atoms with E-state index in [1.165, 1.54) is 23.2 Å². The lowest BCUT2D eigenvalue weighted by molar-refractivity contribution is 0.355. The molecule has 19 heavy (non-hydrogen) atoms. The highest BCUT2D eigenvalue weighted by Gasteiger charge is 2.26. The summed E-state index contributed by atoms with van der Waals surface area (Å²) in [6.45, 7) is 13.6. The summed E-state index contributed by atoms with van der Waals surface area (Å²) < 4.78 is 0. The maximum absolute atomic E-state index is 3.69. The third kappa shape index (κ3) is 3.50. The molecule has 0 saturated carbocycles. The van der Waals surface area contributed by atoms with Crippen molar-refractivity contribution in [3.8, 4) is 0 Å². The lowest BCUT2D eigenvalue weighted by atomic mass is 9.98. The van der Waals surface area contributed by atoms with E-state index >= 15 is 0 Å². The molecule has 2 atom stereocenters. The highest BCUT2D eigenvalue weighted by Crippen LogP contribution is 2.26. The second-order valence-corrected chi connectivity index (χ2v) is 6.53. The molecule has 0 radical (unpaired) electrons. The molecule has 0 bridgehead atoms. The molecule has 2 heteroatoms. The zero-order valence-electron chi connectivity index (χ0n) is 13.0. The van der Waals surface area contributed by atoms with Gasteiger partial charge >= 0.3 is 0 Å². The lowest BCUT2D eigenvalue weighted by Gasteiger charge is -2.41. The molecule has 2 nitrogen and oxygen atoms in total. The molecule has 1 aliphatic heterocycles. The molecule has 0 aromatic heterocycles. The van der Waals surface area contributed by atoms with Gasteiger partial charge in [0, 0.05) is 30.9 Å². The van der Waals surface area contributed by atoms with Gasteiger partial charge in [-0.15, -0.1) is 0 Å². The molecule has 1 saturated heterocycles. The Kier molecular flexibility index (Phi) is 4.51. The third-order valence-corrected chi connectivity index (χ3v) is 4.08. The van der Waals surface area contributed by atoms with Crippen LogP contribution in [0.2, 0.25) is 0 Å². The number of rotatable bonds is 3. The minimum absolute atomic E-state index is 0.573. The fourth-order valence-corrected chi connectivity index (χ4v) is 3.02. The van der Waals surface area contributed by atoms with Crippen LogP contribution in [-0.2, 0) is 0 Å². The Morgan fingerprint density at radius 1 is 1.32 bits per heavy atom. The SMILES string of the molecule is Cc1ccc(C)c(N2CC(CC(C)C)NCC2C)c1. The second kappa shape index (κ2) is 5.96. The van der Waals surface area contributed by atoms with E-state index in [4.69, 9.17) is 0 Å². The molecule has 0 amide bonds. The normalized spacial score (nSPS) is 24.0. The zero-order valence-corrected chi connectivity index (χ0v) is 13.0. The van der Waals surface area contributed by atoms with Gasteiger partial charge in [0.05, 0.1) is 0 Å². The van der Waals surface area contributed by atoms with Crippen molar-refractivity contribution in [2.24, 2.45) is 5.92 Å². The van der Waals surface area contributed by atoms with Crippen molar-refractivity contribution in [1.29, 1.82) is 0 Å². The Morgan fingerprint density at radius 3 is 2.74 bits per heavy atom. The van der Waals surface area contributed by atoms with Crippen molar-refractivity contribution in [1.82, 2.24) is 5.32 Å². The summed E-state index contributed by atoms with van der Waals surface area (Å²) in [6.07, 6.45) is 1.26. The molecule has 2 unspecified atom stereocenters. The van der Waals surface area contributed by atoms with E-state index in [9.17, 15) is 0 Å². The maximum Gasteiger partial charge on any atom is 0.0401 e. The number of nitrogens with zero attached hydrogens (tertiary/aromatic N) is 1. The number of nitrogens with one attached hydrogen (secondary N) is 1. The fourth-order valence-electron chi connectivity index (χ4n) is 3.02. The molecule has 1 aromatic carbocycles. The minimum Gasteiger partial charge on any atom is -0.366 e. The maximum atomic E-state index is 3.69. The monoisotopic (exact) mass is 260 g/mol. The number of benzene rings is 1. The summed E-state index contributed by atoms with van der Waals surface area (Å²) in [7, 11) is 0. The van der Waals surface area contributed by atoms with Crippen molar-refractivity contribution < 1.29 is 0 Å². The number of aryl methyl sites for hydroxylation is 2. The summed E-state index contributed by atoms with van der Waals surface area (Å²) in [5.74, 6) is 0.756. The summed E-state index contributed by atoms with van der Waals surface area (Å²) in [4.78, 5) is 2.59. The van der Waals surface area contributed by atoms with Crippen molar-refractivity contribution in [2.45, 2.75) is 53.1 Å². The smallest absolute Gasteiger partial charge is 0.0401 e. The van der Waals surface area contributed by atoms with Gasteiger partial charge < -0.3 is 10.2 Å². The number of piperazine rings is 1. The Bertz CT molecular complexity index is 425. The van der Waals surface area contributed by atoms with E-state index in [0.717, 1.165) is 19.0 Å². The fraction of sp³-hybridized carbons (Fsp3) is 0.647. The van der Waals surface area contributed by atoms with Crippen LogP contribution < -0.4 is 10.2 Å². The molecule has 0 aliphatic carbocycles. The zero-order chi connectivity index (χ0) is 14.0. The molecular formula is C17H28N2. The predicted octanol–water partition coefficient (Wildman–Crippen LogP) is 3.52. The van der Waals surface area contributed by atoms with Gasteiger partial charge in [0.2, 0.25) is 0 Å². The van der Waals surface area contributed by atoms with Crippen LogP contribution >= 0.6 is 0 Å². The average molecular weight is 260 g/mol. The van der Waals surface area contributed by atoms with E-state index in [1.807, 2.05) is 0 Å². The van der Waals surface area contributed by atoms with Gasteiger partial charge in [-0.05, 0) is 50.3 Å². The van der Waals surface area contributed by atoms with Crippen molar-refractivity contribution in [2.75, 3.05) is 18.0 Å². The van der Waals surface area contributed by atoms with Gasteiger partial charge in [-0.3, -0.25) is 0 Å². The van der Waals surface area contributed by atoms with E-state index in [-0.39, 0.29) is 0 Å². The summed E-state index contributed by atoms with van der Waals surface area (Å²) in [5, 5.41) is 3.69. The molecule has 2 rings (SSSR count). The predicted molar refractivity (Wildman–Crippen MR) is 84.0 cm³/mol. The van der Waals surface area contributed by atoms with Crippen LogP contribution in [0.15, 0.2) is 18.2 Å². The van der Waals surface area contributed by atoms with Gasteiger partial charge in [-0.2, -0.15) is 0 Å². The first-order valence-corrected chi connectivity index (χ1v) is 7.54. The van der Waals surface area contributed by atoms with Gasteiger partial charge in [-0.1, -0.05) is 26.0 Å². The quantitative estimate of drug-likeness (QED) is 0.894. The molecule has 1 aliphatic rings. The summed E-state index contributed by atoms with van der Waals surface area (Å²) in [6, 6.07) is 7.98. The summed E-state index contributed by atoms with van der Waals surface area (Å²) in [5.41, 5.74) is 4.16. The highest BCUT2D eigenvalue weighted by molar-refractivity contribution is 5.56. The Balaban J connectivity index is 2.18.